The quantitative estimate of drug-likeness (QED) is 0.742. The van der Waals surface area contributed by atoms with Crippen molar-refractivity contribution in [2.45, 2.75) is 18.7 Å². The summed E-state index contributed by atoms with van der Waals surface area (Å²) >= 11 is 0. The van der Waals surface area contributed by atoms with Crippen LogP contribution < -0.4 is 5.14 Å². The van der Waals surface area contributed by atoms with E-state index in [-0.39, 0.29) is 0 Å². The third-order valence-electron chi connectivity index (χ3n) is 1.66. The number of primary sulfonamides is 1. The van der Waals surface area contributed by atoms with Gasteiger partial charge in [0.1, 0.15) is 10.7 Å². The Bertz CT molecular complexity index is 416. The molecule has 5 heteroatoms. The molecule has 0 aromatic heterocycles. The molecule has 13 heavy (non-hydrogen) atoms. The molecule has 1 aromatic carbocycles. The van der Waals surface area contributed by atoms with Gasteiger partial charge in [-0.3, -0.25) is 0 Å². The van der Waals surface area contributed by atoms with Gasteiger partial charge in [0.25, 0.3) is 0 Å². The van der Waals surface area contributed by atoms with Gasteiger partial charge in [-0.25, -0.2) is 17.9 Å². The van der Waals surface area contributed by atoms with Gasteiger partial charge in [0.2, 0.25) is 10.0 Å². The molecular weight excluding hydrogens is 193 g/mol. The van der Waals surface area contributed by atoms with Crippen LogP contribution in [0.1, 0.15) is 11.1 Å². The first-order valence-electron chi connectivity index (χ1n) is 3.62. The fourth-order valence-electron chi connectivity index (χ4n) is 1.26. The van der Waals surface area contributed by atoms with Gasteiger partial charge in [0, 0.05) is 0 Å². The molecular formula is C8H10FNO2S. The highest BCUT2D eigenvalue weighted by molar-refractivity contribution is 7.89. The summed E-state index contributed by atoms with van der Waals surface area (Å²) in [5.41, 5.74) is 1.00. The second-order valence-electron chi connectivity index (χ2n) is 2.94. The maximum Gasteiger partial charge on any atom is 0.241 e. The summed E-state index contributed by atoms with van der Waals surface area (Å²) in [5.74, 6) is -0.792. The SMILES string of the molecule is Cc1cc(C)c(S(N)(=O)=O)c(F)c1. The van der Waals surface area contributed by atoms with Crippen molar-refractivity contribution >= 4 is 10.0 Å². The van der Waals surface area contributed by atoms with Gasteiger partial charge in [0.15, 0.2) is 0 Å². The van der Waals surface area contributed by atoms with Crippen molar-refractivity contribution in [2.24, 2.45) is 5.14 Å². The van der Waals surface area contributed by atoms with E-state index in [2.05, 4.69) is 0 Å². The van der Waals surface area contributed by atoms with Crippen molar-refractivity contribution < 1.29 is 12.8 Å². The zero-order valence-electron chi connectivity index (χ0n) is 7.33. The Labute approximate surface area is 76.4 Å². The molecule has 0 atom stereocenters. The van der Waals surface area contributed by atoms with Crippen molar-refractivity contribution in [2.75, 3.05) is 0 Å². The number of rotatable bonds is 1. The molecule has 0 bridgehead atoms. The Balaban J connectivity index is 3.57. The average molecular weight is 203 g/mol. The predicted molar refractivity (Wildman–Crippen MR) is 47.2 cm³/mol. The van der Waals surface area contributed by atoms with Gasteiger partial charge in [0.05, 0.1) is 0 Å². The Hall–Kier alpha value is -0.940. The van der Waals surface area contributed by atoms with E-state index in [0.29, 0.717) is 11.1 Å². The standard InChI is InChI=1S/C8H10FNO2S/c1-5-3-6(2)8(7(9)4-5)13(10,11)12/h3-4H,1-2H3,(H2,10,11,12). The molecule has 1 rings (SSSR count). The van der Waals surface area contributed by atoms with Gasteiger partial charge in [-0.15, -0.1) is 0 Å². The lowest BCUT2D eigenvalue weighted by molar-refractivity contribution is 0.565. The van der Waals surface area contributed by atoms with E-state index in [4.69, 9.17) is 5.14 Å². The molecule has 0 amide bonds. The molecule has 0 unspecified atom stereocenters. The van der Waals surface area contributed by atoms with E-state index < -0.39 is 20.7 Å². The minimum Gasteiger partial charge on any atom is -0.225 e. The van der Waals surface area contributed by atoms with Crippen LogP contribution in [0.25, 0.3) is 0 Å². The van der Waals surface area contributed by atoms with Crippen molar-refractivity contribution in [3.05, 3.63) is 29.1 Å². The minimum atomic E-state index is -3.96. The molecule has 0 fully saturated rings. The van der Waals surface area contributed by atoms with Crippen LogP contribution in [0.15, 0.2) is 17.0 Å². The summed E-state index contributed by atoms with van der Waals surface area (Å²) in [7, 11) is -3.96. The van der Waals surface area contributed by atoms with E-state index in [9.17, 15) is 12.8 Å². The summed E-state index contributed by atoms with van der Waals surface area (Å²) in [4.78, 5) is -0.418. The number of halogens is 1. The van der Waals surface area contributed by atoms with Crippen LogP contribution in [0, 0.1) is 19.7 Å². The number of aryl methyl sites for hydroxylation is 2. The molecule has 0 radical (unpaired) electrons. The molecule has 3 nitrogen and oxygen atoms in total. The third-order valence-corrected chi connectivity index (χ3v) is 2.74. The second-order valence-corrected chi connectivity index (χ2v) is 4.44. The Morgan fingerprint density at radius 2 is 1.85 bits per heavy atom. The van der Waals surface area contributed by atoms with Crippen molar-refractivity contribution in [1.29, 1.82) is 0 Å². The molecule has 0 aliphatic rings. The molecule has 0 spiro atoms. The summed E-state index contributed by atoms with van der Waals surface area (Å²) in [6.45, 7) is 3.19. The lowest BCUT2D eigenvalue weighted by Crippen LogP contribution is -2.15. The number of nitrogens with two attached hydrogens (primary N) is 1. The summed E-state index contributed by atoms with van der Waals surface area (Å²) in [6.07, 6.45) is 0. The Morgan fingerprint density at radius 3 is 2.23 bits per heavy atom. The highest BCUT2D eigenvalue weighted by Crippen LogP contribution is 2.19. The number of benzene rings is 1. The molecule has 0 aliphatic carbocycles. The van der Waals surface area contributed by atoms with Crippen molar-refractivity contribution in [1.82, 2.24) is 0 Å². The first-order chi connectivity index (χ1) is 5.82. The lowest BCUT2D eigenvalue weighted by Gasteiger charge is -2.05. The van der Waals surface area contributed by atoms with Crippen LogP contribution in [0.4, 0.5) is 4.39 Å². The first-order valence-corrected chi connectivity index (χ1v) is 5.16. The molecule has 0 saturated heterocycles. The number of hydrogen-bond acceptors (Lipinski definition) is 2. The first kappa shape index (κ1) is 10.1. The summed E-state index contributed by atoms with van der Waals surface area (Å²) in [6, 6.07) is 2.72. The molecule has 0 aliphatic heterocycles. The number of sulfonamides is 1. The van der Waals surface area contributed by atoms with E-state index in [0.717, 1.165) is 6.07 Å². The second kappa shape index (κ2) is 3.08. The van der Waals surface area contributed by atoms with Gasteiger partial charge in [-0.05, 0) is 31.0 Å². The highest BCUT2D eigenvalue weighted by atomic mass is 32.2. The fraction of sp³-hybridized carbons (Fsp3) is 0.250. The van der Waals surface area contributed by atoms with E-state index in [1.807, 2.05) is 0 Å². The van der Waals surface area contributed by atoms with Crippen LogP contribution in [-0.2, 0) is 10.0 Å². The predicted octanol–water partition coefficient (Wildman–Crippen LogP) is 1.09. The zero-order valence-corrected chi connectivity index (χ0v) is 8.15. The van der Waals surface area contributed by atoms with Crippen LogP contribution in [0.3, 0.4) is 0 Å². The molecule has 0 heterocycles. The average Bonchev–Trinajstić information content (AvgIpc) is 1.78. The third kappa shape index (κ3) is 2.05. The van der Waals surface area contributed by atoms with Crippen molar-refractivity contribution in [3.63, 3.8) is 0 Å². The number of hydrogen-bond donors (Lipinski definition) is 1. The minimum absolute atomic E-state index is 0.333. The zero-order chi connectivity index (χ0) is 10.2. The Kier molecular flexibility index (Phi) is 2.40. The fourth-order valence-corrected chi connectivity index (χ4v) is 2.10. The van der Waals surface area contributed by atoms with E-state index >= 15 is 0 Å². The van der Waals surface area contributed by atoms with Gasteiger partial charge in [-0.2, -0.15) is 0 Å². The topological polar surface area (TPSA) is 60.2 Å². The Morgan fingerprint density at radius 1 is 1.31 bits per heavy atom. The smallest absolute Gasteiger partial charge is 0.225 e. The van der Waals surface area contributed by atoms with Crippen LogP contribution in [-0.4, -0.2) is 8.42 Å². The molecule has 2 N–H and O–H groups in total. The maximum absolute atomic E-state index is 13.1. The highest BCUT2D eigenvalue weighted by Gasteiger charge is 2.17. The van der Waals surface area contributed by atoms with Crippen molar-refractivity contribution in [3.8, 4) is 0 Å². The largest absolute Gasteiger partial charge is 0.241 e. The van der Waals surface area contributed by atoms with Crippen LogP contribution >= 0.6 is 0 Å². The van der Waals surface area contributed by atoms with E-state index in [1.165, 1.54) is 6.92 Å². The summed E-state index contributed by atoms with van der Waals surface area (Å²) < 4.78 is 35.0. The normalized spacial score (nSPS) is 11.7. The molecule has 0 saturated carbocycles. The maximum atomic E-state index is 13.1. The van der Waals surface area contributed by atoms with Gasteiger partial charge >= 0.3 is 0 Å². The molecule has 72 valence electrons. The van der Waals surface area contributed by atoms with Gasteiger partial charge in [-0.1, -0.05) is 6.07 Å². The lowest BCUT2D eigenvalue weighted by atomic mass is 10.1. The molecule has 1 aromatic rings. The monoisotopic (exact) mass is 203 g/mol. The van der Waals surface area contributed by atoms with Crippen LogP contribution in [0.2, 0.25) is 0 Å². The van der Waals surface area contributed by atoms with E-state index in [1.54, 1.807) is 13.0 Å². The van der Waals surface area contributed by atoms with Gasteiger partial charge < -0.3 is 0 Å². The van der Waals surface area contributed by atoms with Crippen LogP contribution in [0.5, 0.6) is 0 Å². The summed E-state index contributed by atoms with van der Waals surface area (Å²) in [5, 5.41) is 4.84.